The Balaban J connectivity index is 2.90. The number of nitrogens with two attached hydrogens (primary N) is 1. The van der Waals surface area contributed by atoms with Crippen LogP contribution in [0.5, 0.6) is 0 Å². The van der Waals surface area contributed by atoms with Crippen LogP contribution >= 0.6 is 0 Å². The van der Waals surface area contributed by atoms with Gasteiger partial charge in [-0.25, -0.2) is 10.2 Å². The molecule has 16 heavy (non-hydrogen) atoms. The molecule has 0 bridgehead atoms. The molecule has 0 unspecified atom stereocenters. The van der Waals surface area contributed by atoms with Crippen LogP contribution in [0.4, 0.5) is 4.79 Å². The lowest BCUT2D eigenvalue weighted by Crippen LogP contribution is -2.49. The average Bonchev–Trinajstić information content (AvgIpc) is 2.25. The molecular weight excluding hydrogens is 204 g/mol. The van der Waals surface area contributed by atoms with Gasteiger partial charge in [-0.2, -0.15) is 5.53 Å². The quantitative estimate of drug-likeness (QED) is 0.323. The summed E-state index contributed by atoms with van der Waals surface area (Å²) in [6, 6.07) is -0.580. The molecule has 2 amide bonds. The van der Waals surface area contributed by atoms with Crippen molar-refractivity contribution in [2.45, 2.75) is 58.3 Å². The fourth-order valence-electron chi connectivity index (χ4n) is 1.52. The number of hydrogen-bond acceptors (Lipinski definition) is 3. The van der Waals surface area contributed by atoms with Crippen molar-refractivity contribution in [3.05, 3.63) is 0 Å². The van der Waals surface area contributed by atoms with Crippen molar-refractivity contribution >= 4 is 6.03 Å². The second kappa shape index (κ2) is 12.3. The second-order valence-electron chi connectivity index (χ2n) is 4.02. The van der Waals surface area contributed by atoms with E-state index in [-0.39, 0.29) is 0 Å². The van der Waals surface area contributed by atoms with Crippen LogP contribution in [0.3, 0.4) is 0 Å². The van der Waals surface area contributed by atoms with Crippen molar-refractivity contribution in [3.8, 4) is 0 Å². The van der Waals surface area contributed by atoms with Gasteiger partial charge in [-0.15, -0.1) is 0 Å². The van der Waals surface area contributed by atoms with Crippen LogP contribution in [0, 0.1) is 0 Å². The molecule has 0 aromatic heterocycles. The van der Waals surface area contributed by atoms with Crippen LogP contribution < -0.4 is 22.1 Å². The Bertz CT molecular complexity index is 164. The fraction of sp³-hybridized carbons (Fsp3) is 0.909. The highest BCUT2D eigenvalue weighted by molar-refractivity contribution is 5.70. The van der Waals surface area contributed by atoms with Gasteiger partial charge in [-0.1, -0.05) is 51.9 Å². The number of urea groups is 1. The van der Waals surface area contributed by atoms with E-state index in [4.69, 9.17) is 5.73 Å². The molecule has 0 aliphatic carbocycles. The Morgan fingerprint density at radius 2 is 1.56 bits per heavy atom. The molecule has 5 N–H and O–H groups in total. The number of unbranched alkanes of at least 4 members (excludes halogenated alkanes) is 7. The zero-order valence-corrected chi connectivity index (χ0v) is 10.3. The number of amides is 2. The number of nitrogens with one attached hydrogen (secondary N) is 3. The van der Waals surface area contributed by atoms with Crippen LogP contribution in [0.2, 0.25) is 0 Å². The van der Waals surface area contributed by atoms with Crippen molar-refractivity contribution in [3.63, 3.8) is 0 Å². The molecule has 0 atom stereocenters. The molecule has 5 heteroatoms. The highest BCUT2D eigenvalue weighted by Crippen LogP contribution is 2.07. The number of primary amides is 1. The maximum absolute atomic E-state index is 10.3. The van der Waals surface area contributed by atoms with E-state index in [1.165, 1.54) is 44.9 Å². The van der Waals surface area contributed by atoms with E-state index in [9.17, 15) is 4.79 Å². The van der Waals surface area contributed by atoms with Crippen LogP contribution in [-0.4, -0.2) is 12.6 Å². The van der Waals surface area contributed by atoms with Crippen LogP contribution in [-0.2, 0) is 0 Å². The first kappa shape index (κ1) is 15.2. The number of hydrazine groups is 2. The summed E-state index contributed by atoms with van der Waals surface area (Å²) in [5.74, 6) is 0. The van der Waals surface area contributed by atoms with Crippen LogP contribution in [0.1, 0.15) is 58.3 Å². The highest BCUT2D eigenvalue weighted by Gasteiger charge is 1.92. The minimum absolute atomic E-state index is 0.580. The largest absolute Gasteiger partial charge is 0.351 e. The highest BCUT2D eigenvalue weighted by atomic mass is 16.2. The lowest BCUT2D eigenvalue weighted by atomic mass is 10.1. The Hall–Kier alpha value is -0.810. The SMILES string of the molecule is CCCCCCCCCCNNNC(N)=O. The van der Waals surface area contributed by atoms with Gasteiger partial charge in [0.25, 0.3) is 0 Å². The summed E-state index contributed by atoms with van der Waals surface area (Å²) in [6.45, 7) is 3.08. The maximum atomic E-state index is 10.3. The van der Waals surface area contributed by atoms with E-state index >= 15 is 0 Å². The number of hydrogen-bond donors (Lipinski definition) is 4. The zero-order chi connectivity index (χ0) is 12.1. The third-order valence-electron chi connectivity index (χ3n) is 2.43. The summed E-state index contributed by atoms with van der Waals surface area (Å²) in [5, 5.41) is 0. The second-order valence-corrected chi connectivity index (χ2v) is 4.02. The van der Waals surface area contributed by atoms with E-state index in [1.807, 2.05) is 0 Å². The molecule has 0 saturated heterocycles. The molecule has 96 valence electrons. The smallest absolute Gasteiger partial charge is 0.327 e. The van der Waals surface area contributed by atoms with Crippen molar-refractivity contribution in [2.24, 2.45) is 5.73 Å². The minimum atomic E-state index is -0.580. The lowest BCUT2D eigenvalue weighted by Gasteiger charge is -2.06. The van der Waals surface area contributed by atoms with E-state index < -0.39 is 6.03 Å². The van der Waals surface area contributed by atoms with Gasteiger partial charge in [0.05, 0.1) is 0 Å². The van der Waals surface area contributed by atoms with E-state index in [2.05, 4.69) is 23.3 Å². The summed E-state index contributed by atoms with van der Waals surface area (Å²) in [5.41, 5.74) is 12.5. The van der Waals surface area contributed by atoms with Crippen molar-refractivity contribution in [1.82, 2.24) is 16.4 Å². The van der Waals surface area contributed by atoms with Gasteiger partial charge < -0.3 is 5.73 Å². The van der Waals surface area contributed by atoms with Crippen molar-refractivity contribution in [1.29, 1.82) is 0 Å². The monoisotopic (exact) mass is 230 g/mol. The Morgan fingerprint density at radius 3 is 2.12 bits per heavy atom. The number of carbonyl (C=O) groups is 1. The molecule has 0 aromatic rings. The molecule has 0 fully saturated rings. The summed E-state index contributed by atoms with van der Waals surface area (Å²) in [6.07, 6.45) is 10.4. The first-order valence-electron chi connectivity index (χ1n) is 6.30. The third kappa shape index (κ3) is 13.2. The van der Waals surface area contributed by atoms with Gasteiger partial charge in [0.2, 0.25) is 0 Å². The number of rotatable bonds is 11. The standard InChI is InChI=1S/C11H26N4O/c1-2-3-4-5-6-7-8-9-10-13-15-14-11(12)16/h13,15H,2-10H2,1H3,(H3,12,14,16). The van der Waals surface area contributed by atoms with Crippen molar-refractivity contribution in [2.75, 3.05) is 6.54 Å². The maximum Gasteiger partial charge on any atom is 0.327 e. The predicted molar refractivity (Wildman–Crippen MR) is 66.5 cm³/mol. The summed E-state index contributed by atoms with van der Waals surface area (Å²) in [7, 11) is 0. The first-order chi connectivity index (χ1) is 7.77. The molecule has 0 aliphatic rings. The Labute approximate surface area is 98.5 Å². The van der Waals surface area contributed by atoms with E-state index in [0.717, 1.165) is 13.0 Å². The molecule has 0 saturated carbocycles. The Kier molecular flexibility index (Phi) is 11.6. The van der Waals surface area contributed by atoms with Gasteiger partial charge in [0.1, 0.15) is 0 Å². The summed E-state index contributed by atoms with van der Waals surface area (Å²) < 4.78 is 0. The van der Waals surface area contributed by atoms with Gasteiger partial charge in [-0.3, -0.25) is 5.43 Å². The van der Waals surface area contributed by atoms with Gasteiger partial charge in [0.15, 0.2) is 0 Å². The van der Waals surface area contributed by atoms with Crippen LogP contribution in [0.25, 0.3) is 0 Å². The van der Waals surface area contributed by atoms with Gasteiger partial charge >= 0.3 is 6.03 Å². The van der Waals surface area contributed by atoms with Gasteiger partial charge in [0, 0.05) is 6.54 Å². The lowest BCUT2D eigenvalue weighted by molar-refractivity contribution is 0.241. The molecule has 5 nitrogen and oxygen atoms in total. The molecular formula is C11H26N4O. The topological polar surface area (TPSA) is 79.2 Å². The average molecular weight is 230 g/mol. The molecule has 0 spiro atoms. The molecule has 0 aromatic carbocycles. The van der Waals surface area contributed by atoms with E-state index in [0.29, 0.717) is 0 Å². The molecule has 0 rings (SSSR count). The van der Waals surface area contributed by atoms with Crippen LogP contribution in [0.15, 0.2) is 0 Å². The number of carbonyl (C=O) groups excluding carboxylic acids is 1. The normalized spacial score (nSPS) is 10.3. The molecule has 0 aliphatic heterocycles. The third-order valence-corrected chi connectivity index (χ3v) is 2.43. The summed E-state index contributed by atoms with van der Waals surface area (Å²) in [4.78, 5) is 10.3. The van der Waals surface area contributed by atoms with Crippen molar-refractivity contribution < 1.29 is 4.79 Å². The predicted octanol–water partition coefficient (Wildman–Crippen LogP) is 1.80. The zero-order valence-electron chi connectivity index (χ0n) is 10.3. The fourth-order valence-corrected chi connectivity index (χ4v) is 1.52. The van der Waals surface area contributed by atoms with Gasteiger partial charge in [-0.05, 0) is 6.42 Å². The summed E-state index contributed by atoms with van der Waals surface area (Å²) >= 11 is 0. The minimum Gasteiger partial charge on any atom is -0.351 e. The van der Waals surface area contributed by atoms with E-state index in [1.54, 1.807) is 0 Å². The first-order valence-corrected chi connectivity index (χ1v) is 6.30. The molecule has 0 heterocycles. The molecule has 0 radical (unpaired) electrons. The Morgan fingerprint density at radius 1 is 1.00 bits per heavy atom.